The Balaban J connectivity index is 1.31. The highest BCUT2D eigenvalue weighted by Crippen LogP contribution is 2.21. The van der Waals surface area contributed by atoms with Crippen LogP contribution in [0.1, 0.15) is 17.3 Å². The Kier molecular flexibility index (Phi) is 5.18. The van der Waals surface area contributed by atoms with Crippen LogP contribution in [0, 0.1) is 0 Å². The van der Waals surface area contributed by atoms with E-state index in [1.165, 1.54) is 11.3 Å². The molecule has 1 saturated heterocycles. The zero-order valence-corrected chi connectivity index (χ0v) is 15.3. The Morgan fingerprint density at radius 1 is 0.885 bits per heavy atom. The number of nitrogens with zero attached hydrogens (tertiary/aromatic N) is 4. The van der Waals surface area contributed by atoms with Gasteiger partial charge >= 0.3 is 0 Å². The molecule has 5 nitrogen and oxygen atoms in total. The second kappa shape index (κ2) is 7.89. The fourth-order valence-corrected chi connectivity index (χ4v) is 3.41. The summed E-state index contributed by atoms with van der Waals surface area (Å²) in [5.41, 5.74) is 2.36. The van der Waals surface area contributed by atoms with E-state index in [-0.39, 0.29) is 0 Å². The van der Waals surface area contributed by atoms with Crippen LogP contribution in [-0.4, -0.2) is 41.3 Å². The molecule has 0 N–H and O–H groups in total. The Bertz CT molecular complexity index is 844. The standard InChI is InChI=1S/C20H21ClN4O/c21-17-7-4-8-18(14-17)25-11-9-24(10-12-25)15-20-23-22-19(26-20)13-16-5-2-1-3-6-16/h1-8,14H,9-13,15H2. The molecule has 1 aromatic heterocycles. The van der Waals surface area contributed by atoms with Gasteiger partial charge in [-0.05, 0) is 23.8 Å². The van der Waals surface area contributed by atoms with Crippen LogP contribution < -0.4 is 4.90 Å². The molecular weight excluding hydrogens is 348 g/mol. The maximum atomic E-state index is 6.10. The Hall–Kier alpha value is -2.37. The molecule has 26 heavy (non-hydrogen) atoms. The number of piperazine rings is 1. The van der Waals surface area contributed by atoms with E-state index in [2.05, 4.69) is 38.2 Å². The van der Waals surface area contributed by atoms with Crippen LogP contribution in [0.25, 0.3) is 0 Å². The van der Waals surface area contributed by atoms with Gasteiger partial charge in [-0.1, -0.05) is 48.0 Å². The third-order valence-corrected chi connectivity index (χ3v) is 4.85. The van der Waals surface area contributed by atoms with E-state index >= 15 is 0 Å². The van der Waals surface area contributed by atoms with E-state index in [0.717, 1.165) is 31.2 Å². The SMILES string of the molecule is Clc1cccc(N2CCN(Cc3nnc(Cc4ccccc4)o3)CC2)c1. The van der Waals surface area contributed by atoms with Gasteiger partial charge in [0.2, 0.25) is 11.8 Å². The Morgan fingerprint density at radius 3 is 2.42 bits per heavy atom. The summed E-state index contributed by atoms with van der Waals surface area (Å²) < 4.78 is 5.82. The van der Waals surface area contributed by atoms with Crippen molar-refractivity contribution in [1.29, 1.82) is 0 Å². The van der Waals surface area contributed by atoms with Gasteiger partial charge in [0.25, 0.3) is 0 Å². The van der Waals surface area contributed by atoms with Gasteiger partial charge in [-0.15, -0.1) is 10.2 Å². The molecule has 6 heteroatoms. The van der Waals surface area contributed by atoms with Crippen molar-refractivity contribution < 1.29 is 4.42 Å². The molecule has 0 spiro atoms. The monoisotopic (exact) mass is 368 g/mol. The molecule has 2 heterocycles. The van der Waals surface area contributed by atoms with Crippen LogP contribution in [0.4, 0.5) is 5.69 Å². The topological polar surface area (TPSA) is 45.4 Å². The van der Waals surface area contributed by atoms with E-state index in [4.69, 9.17) is 16.0 Å². The summed E-state index contributed by atoms with van der Waals surface area (Å²) in [5, 5.41) is 9.17. The average molecular weight is 369 g/mol. The molecule has 2 aromatic carbocycles. The van der Waals surface area contributed by atoms with Crippen LogP contribution in [0.5, 0.6) is 0 Å². The first kappa shape index (κ1) is 17.1. The molecule has 1 fully saturated rings. The number of aromatic nitrogens is 2. The Morgan fingerprint density at radius 2 is 1.65 bits per heavy atom. The summed E-state index contributed by atoms with van der Waals surface area (Å²) in [6.45, 7) is 4.55. The molecule has 0 atom stereocenters. The molecular formula is C20H21ClN4O. The van der Waals surface area contributed by atoms with Crippen LogP contribution >= 0.6 is 11.6 Å². The average Bonchev–Trinajstić information content (AvgIpc) is 3.10. The van der Waals surface area contributed by atoms with Crippen molar-refractivity contribution in [3.63, 3.8) is 0 Å². The van der Waals surface area contributed by atoms with Gasteiger partial charge in [0.15, 0.2) is 0 Å². The van der Waals surface area contributed by atoms with Gasteiger partial charge in [-0.2, -0.15) is 0 Å². The molecule has 0 amide bonds. The first-order valence-electron chi connectivity index (χ1n) is 8.84. The summed E-state index contributed by atoms with van der Waals surface area (Å²) in [5.74, 6) is 1.36. The van der Waals surface area contributed by atoms with E-state index in [1.54, 1.807) is 0 Å². The minimum absolute atomic E-state index is 0.670. The van der Waals surface area contributed by atoms with Gasteiger partial charge in [0.1, 0.15) is 0 Å². The lowest BCUT2D eigenvalue weighted by Gasteiger charge is -2.35. The van der Waals surface area contributed by atoms with Gasteiger partial charge in [0, 0.05) is 36.9 Å². The summed E-state index contributed by atoms with van der Waals surface area (Å²) in [4.78, 5) is 4.71. The third kappa shape index (κ3) is 4.23. The minimum Gasteiger partial charge on any atom is -0.424 e. The molecule has 4 rings (SSSR count). The number of rotatable bonds is 5. The molecule has 0 saturated carbocycles. The summed E-state index contributed by atoms with van der Waals surface area (Å²) in [7, 11) is 0. The highest BCUT2D eigenvalue weighted by Gasteiger charge is 2.19. The molecule has 0 aliphatic carbocycles. The largest absolute Gasteiger partial charge is 0.424 e. The van der Waals surface area contributed by atoms with E-state index in [9.17, 15) is 0 Å². The van der Waals surface area contributed by atoms with Crippen molar-refractivity contribution in [2.75, 3.05) is 31.1 Å². The van der Waals surface area contributed by atoms with Crippen molar-refractivity contribution in [2.45, 2.75) is 13.0 Å². The molecule has 3 aromatic rings. The lowest BCUT2D eigenvalue weighted by atomic mass is 10.2. The fraction of sp³-hybridized carbons (Fsp3) is 0.300. The summed E-state index contributed by atoms with van der Waals surface area (Å²) >= 11 is 6.10. The lowest BCUT2D eigenvalue weighted by Crippen LogP contribution is -2.46. The fourth-order valence-electron chi connectivity index (χ4n) is 3.22. The summed E-state index contributed by atoms with van der Waals surface area (Å²) in [6.07, 6.45) is 0.677. The van der Waals surface area contributed by atoms with Crippen LogP contribution in [0.2, 0.25) is 5.02 Å². The van der Waals surface area contributed by atoms with E-state index < -0.39 is 0 Å². The third-order valence-electron chi connectivity index (χ3n) is 4.61. The second-order valence-electron chi connectivity index (χ2n) is 6.49. The molecule has 0 bridgehead atoms. The maximum Gasteiger partial charge on any atom is 0.230 e. The normalized spacial score (nSPS) is 15.3. The number of hydrogen-bond acceptors (Lipinski definition) is 5. The number of anilines is 1. The zero-order valence-electron chi connectivity index (χ0n) is 14.5. The van der Waals surface area contributed by atoms with Gasteiger partial charge in [0.05, 0.1) is 13.0 Å². The number of halogens is 1. The Labute approximate surface area is 158 Å². The van der Waals surface area contributed by atoms with Crippen molar-refractivity contribution in [2.24, 2.45) is 0 Å². The predicted molar refractivity (Wildman–Crippen MR) is 102 cm³/mol. The molecule has 1 aliphatic rings. The molecule has 0 unspecified atom stereocenters. The van der Waals surface area contributed by atoms with Crippen molar-refractivity contribution in [1.82, 2.24) is 15.1 Å². The first-order chi connectivity index (χ1) is 12.8. The highest BCUT2D eigenvalue weighted by molar-refractivity contribution is 6.30. The van der Waals surface area contributed by atoms with Gasteiger partial charge in [-0.25, -0.2) is 0 Å². The van der Waals surface area contributed by atoms with Gasteiger partial charge < -0.3 is 9.32 Å². The van der Waals surface area contributed by atoms with Crippen molar-refractivity contribution in [3.05, 3.63) is 77.0 Å². The summed E-state index contributed by atoms with van der Waals surface area (Å²) in [6, 6.07) is 18.2. The van der Waals surface area contributed by atoms with Crippen LogP contribution in [0.3, 0.4) is 0 Å². The van der Waals surface area contributed by atoms with Crippen LogP contribution in [0.15, 0.2) is 59.0 Å². The van der Waals surface area contributed by atoms with E-state index in [0.29, 0.717) is 24.7 Å². The smallest absolute Gasteiger partial charge is 0.230 e. The lowest BCUT2D eigenvalue weighted by molar-refractivity contribution is 0.224. The second-order valence-corrected chi connectivity index (χ2v) is 6.93. The predicted octanol–water partition coefficient (Wildman–Crippen LogP) is 3.64. The van der Waals surface area contributed by atoms with Crippen molar-refractivity contribution in [3.8, 4) is 0 Å². The minimum atomic E-state index is 0.670. The van der Waals surface area contributed by atoms with Crippen molar-refractivity contribution >= 4 is 17.3 Å². The zero-order chi connectivity index (χ0) is 17.8. The van der Waals surface area contributed by atoms with Crippen LogP contribution in [-0.2, 0) is 13.0 Å². The maximum absolute atomic E-state index is 6.10. The first-order valence-corrected chi connectivity index (χ1v) is 9.22. The quantitative estimate of drug-likeness (QED) is 0.688. The van der Waals surface area contributed by atoms with E-state index in [1.807, 2.05) is 36.4 Å². The highest BCUT2D eigenvalue weighted by atomic mass is 35.5. The van der Waals surface area contributed by atoms with Gasteiger partial charge in [-0.3, -0.25) is 4.90 Å². The molecule has 134 valence electrons. The number of benzene rings is 2. The number of hydrogen-bond donors (Lipinski definition) is 0. The molecule has 0 radical (unpaired) electrons. The molecule has 1 aliphatic heterocycles.